The Kier molecular flexibility index (Phi) is 8.27. The van der Waals surface area contributed by atoms with Crippen LogP contribution in [0.3, 0.4) is 0 Å². The first kappa shape index (κ1) is 31.8. The van der Waals surface area contributed by atoms with E-state index in [-0.39, 0.29) is 11.5 Å². The second-order valence-corrected chi connectivity index (χ2v) is 13.9. The Morgan fingerprint density at radius 3 is 2.59 bits per heavy atom. The van der Waals surface area contributed by atoms with Crippen molar-refractivity contribution in [1.82, 2.24) is 19.0 Å². The number of rotatable bonds is 7. The lowest BCUT2D eigenvalue weighted by atomic mass is 9.95. The van der Waals surface area contributed by atoms with Crippen molar-refractivity contribution in [2.45, 2.75) is 64.6 Å². The first-order valence-corrected chi connectivity index (χ1v) is 17.7. The maximum atomic E-state index is 15.5. The number of aromatic nitrogens is 3. The standard InChI is InChI=1S/C38H44FN7O3/c1-4-30-31(16-26(39)17-35(30)46-12-10-34-32(37(46)47)18-27-7-5-6-11-45(27)34)25-15-33(38(48)42(3)21-25)41-36-9-8-28(19-40-36)44-14-13-43(20-24(44)2)29-22-49-23-29/h8-9,15-19,21,24,29H,4-7,10-14,20,22-23H2,1-3H3,(H,40,41)/t24-/m0/s1. The van der Waals surface area contributed by atoms with E-state index in [1.807, 2.05) is 31.3 Å². The van der Waals surface area contributed by atoms with E-state index in [1.165, 1.54) is 22.4 Å². The third-order valence-corrected chi connectivity index (χ3v) is 10.9. The number of hydrogen-bond acceptors (Lipinski definition) is 7. The number of hydrogen-bond donors (Lipinski definition) is 1. The summed E-state index contributed by atoms with van der Waals surface area (Å²) in [5, 5.41) is 3.23. The van der Waals surface area contributed by atoms with E-state index in [0.29, 0.717) is 53.4 Å². The molecule has 10 nitrogen and oxygen atoms in total. The van der Waals surface area contributed by atoms with E-state index in [1.54, 1.807) is 24.2 Å². The summed E-state index contributed by atoms with van der Waals surface area (Å²) in [6, 6.07) is 11.6. The molecule has 4 aromatic rings. The third kappa shape index (κ3) is 5.72. The molecule has 4 aliphatic heterocycles. The Bertz CT molecular complexity index is 1970. The molecule has 11 heteroatoms. The molecule has 7 heterocycles. The molecule has 0 unspecified atom stereocenters. The third-order valence-electron chi connectivity index (χ3n) is 10.9. The van der Waals surface area contributed by atoms with Crippen LogP contribution in [0.25, 0.3) is 11.1 Å². The van der Waals surface area contributed by atoms with Crippen molar-refractivity contribution in [3.8, 4) is 11.1 Å². The number of fused-ring (bicyclic) bond motifs is 3. The molecule has 4 aliphatic rings. The van der Waals surface area contributed by atoms with Crippen LogP contribution in [-0.4, -0.2) is 76.4 Å². The number of aryl methyl sites for hydroxylation is 2. The van der Waals surface area contributed by atoms with Gasteiger partial charge in [-0.1, -0.05) is 6.92 Å². The van der Waals surface area contributed by atoms with Crippen molar-refractivity contribution >= 4 is 28.8 Å². The van der Waals surface area contributed by atoms with Crippen molar-refractivity contribution in [1.29, 1.82) is 0 Å². The summed E-state index contributed by atoms with van der Waals surface area (Å²) in [6.45, 7) is 10.3. The number of pyridine rings is 2. The average molecular weight is 666 g/mol. The number of carbonyl (C=O) groups is 1. The molecule has 1 aromatic carbocycles. The van der Waals surface area contributed by atoms with Gasteiger partial charge in [-0.05, 0) is 80.1 Å². The average Bonchev–Trinajstić information content (AvgIpc) is 3.46. The Balaban J connectivity index is 1.06. The summed E-state index contributed by atoms with van der Waals surface area (Å²) in [6.07, 6.45) is 8.17. The molecule has 1 amide bonds. The second-order valence-electron chi connectivity index (χ2n) is 13.9. The zero-order valence-electron chi connectivity index (χ0n) is 28.5. The summed E-state index contributed by atoms with van der Waals surface area (Å²) in [7, 11) is 1.70. The van der Waals surface area contributed by atoms with Crippen molar-refractivity contribution < 1.29 is 13.9 Å². The van der Waals surface area contributed by atoms with Crippen molar-refractivity contribution in [3.05, 3.63) is 87.5 Å². The number of anilines is 4. The fraction of sp³-hybridized carbons (Fsp3) is 0.447. The van der Waals surface area contributed by atoms with E-state index in [9.17, 15) is 9.59 Å². The molecule has 8 rings (SSSR count). The molecule has 0 saturated carbocycles. The zero-order valence-corrected chi connectivity index (χ0v) is 28.5. The summed E-state index contributed by atoms with van der Waals surface area (Å²) in [5.74, 6) is 0.0566. The summed E-state index contributed by atoms with van der Waals surface area (Å²) < 4.78 is 24.7. The van der Waals surface area contributed by atoms with Crippen LogP contribution in [0, 0.1) is 5.82 Å². The van der Waals surface area contributed by atoms with Gasteiger partial charge in [0.25, 0.3) is 11.5 Å². The van der Waals surface area contributed by atoms with Gasteiger partial charge in [0.1, 0.15) is 17.3 Å². The van der Waals surface area contributed by atoms with Crippen LogP contribution in [0.5, 0.6) is 0 Å². The largest absolute Gasteiger partial charge is 0.378 e. The van der Waals surface area contributed by atoms with Gasteiger partial charge < -0.3 is 29.0 Å². The molecule has 49 heavy (non-hydrogen) atoms. The normalized spacial score (nSPS) is 19.8. The molecular formula is C38H44FN7O3. The predicted molar refractivity (Wildman–Crippen MR) is 190 cm³/mol. The minimum absolute atomic E-state index is 0.0732. The lowest BCUT2D eigenvalue weighted by molar-refractivity contribution is -0.0691. The van der Waals surface area contributed by atoms with Gasteiger partial charge in [0.15, 0.2) is 0 Å². The first-order chi connectivity index (χ1) is 23.8. The monoisotopic (exact) mass is 665 g/mol. The number of nitrogens with zero attached hydrogens (tertiary/aromatic N) is 6. The lowest BCUT2D eigenvalue weighted by Crippen LogP contribution is -2.59. The topological polar surface area (TPSA) is 87.9 Å². The minimum Gasteiger partial charge on any atom is -0.378 e. The predicted octanol–water partition coefficient (Wildman–Crippen LogP) is 5.14. The van der Waals surface area contributed by atoms with E-state index >= 15 is 4.39 Å². The van der Waals surface area contributed by atoms with Gasteiger partial charge in [0.2, 0.25) is 0 Å². The van der Waals surface area contributed by atoms with Gasteiger partial charge in [-0.15, -0.1) is 0 Å². The van der Waals surface area contributed by atoms with Crippen LogP contribution in [0.1, 0.15) is 54.0 Å². The molecule has 2 saturated heterocycles. The number of benzene rings is 1. The molecule has 1 atom stereocenters. The van der Waals surface area contributed by atoms with Crippen LogP contribution in [0.15, 0.2) is 53.6 Å². The highest BCUT2D eigenvalue weighted by atomic mass is 19.1. The van der Waals surface area contributed by atoms with Gasteiger partial charge in [-0.2, -0.15) is 0 Å². The number of halogens is 1. The fourth-order valence-electron chi connectivity index (χ4n) is 8.20. The number of ether oxygens (including phenoxy) is 1. The van der Waals surface area contributed by atoms with Gasteiger partial charge >= 0.3 is 0 Å². The van der Waals surface area contributed by atoms with Crippen molar-refractivity contribution in [2.75, 3.05) is 54.5 Å². The highest BCUT2D eigenvalue weighted by Crippen LogP contribution is 2.37. The van der Waals surface area contributed by atoms with Crippen LogP contribution in [0.4, 0.5) is 27.3 Å². The van der Waals surface area contributed by atoms with Gasteiger partial charge in [0.05, 0.1) is 42.4 Å². The van der Waals surface area contributed by atoms with Gasteiger partial charge in [0, 0.05) is 75.4 Å². The molecule has 0 radical (unpaired) electrons. The fourth-order valence-corrected chi connectivity index (χ4v) is 8.20. The van der Waals surface area contributed by atoms with E-state index in [0.717, 1.165) is 87.6 Å². The van der Waals surface area contributed by atoms with E-state index < -0.39 is 5.82 Å². The van der Waals surface area contributed by atoms with E-state index in [4.69, 9.17) is 4.74 Å². The maximum Gasteiger partial charge on any atom is 0.274 e. The number of nitrogens with one attached hydrogen (secondary N) is 1. The molecule has 2 fully saturated rings. The summed E-state index contributed by atoms with van der Waals surface area (Å²) >= 11 is 0. The molecular weight excluding hydrogens is 621 g/mol. The van der Waals surface area contributed by atoms with E-state index in [2.05, 4.69) is 31.6 Å². The lowest BCUT2D eigenvalue weighted by Gasteiger charge is -2.46. The van der Waals surface area contributed by atoms with Crippen LogP contribution >= 0.6 is 0 Å². The SMILES string of the molecule is CCc1c(-c2cc(Nc3ccc(N4CCN(C5COC5)C[C@@H]4C)cn3)c(=O)n(C)c2)cc(F)cc1N1CCc2c(cc3n2CCCC3)C1=O. The molecule has 0 spiro atoms. The molecule has 3 aromatic heterocycles. The Labute approximate surface area is 286 Å². The number of piperazine rings is 1. The second kappa shape index (κ2) is 12.8. The van der Waals surface area contributed by atoms with Crippen molar-refractivity contribution in [2.24, 2.45) is 7.05 Å². The number of carbonyl (C=O) groups excluding carboxylic acids is 1. The Morgan fingerprint density at radius 2 is 1.86 bits per heavy atom. The van der Waals surface area contributed by atoms with Crippen LogP contribution < -0.4 is 20.7 Å². The van der Waals surface area contributed by atoms with Crippen LogP contribution in [0.2, 0.25) is 0 Å². The first-order valence-electron chi connectivity index (χ1n) is 17.7. The molecule has 0 aliphatic carbocycles. The Hall–Kier alpha value is -4.48. The summed E-state index contributed by atoms with van der Waals surface area (Å²) in [4.78, 5) is 38.6. The molecule has 1 N–H and O–H groups in total. The smallest absolute Gasteiger partial charge is 0.274 e. The van der Waals surface area contributed by atoms with Crippen LogP contribution in [-0.2, 0) is 37.6 Å². The maximum absolute atomic E-state index is 15.5. The Morgan fingerprint density at radius 1 is 1.00 bits per heavy atom. The highest BCUT2D eigenvalue weighted by Gasteiger charge is 2.34. The number of amides is 1. The minimum atomic E-state index is -0.423. The van der Waals surface area contributed by atoms with Gasteiger partial charge in [-0.3, -0.25) is 14.5 Å². The molecule has 0 bridgehead atoms. The highest BCUT2D eigenvalue weighted by molar-refractivity contribution is 6.09. The van der Waals surface area contributed by atoms with Gasteiger partial charge in [-0.25, -0.2) is 9.37 Å². The van der Waals surface area contributed by atoms with Crippen molar-refractivity contribution in [3.63, 3.8) is 0 Å². The summed E-state index contributed by atoms with van der Waals surface area (Å²) in [5.41, 5.74) is 7.06. The quantitative estimate of drug-likeness (QED) is 0.293. The zero-order chi connectivity index (χ0) is 33.8. The molecule has 256 valence electrons.